The van der Waals surface area contributed by atoms with Crippen molar-refractivity contribution in [2.24, 2.45) is 0 Å². The number of carbonyl (C=O) groups is 1. The topological polar surface area (TPSA) is 59.6 Å². The van der Waals surface area contributed by atoms with Crippen LogP contribution in [0.1, 0.15) is 25.3 Å². The normalized spacial score (nSPS) is 13.6. The van der Waals surface area contributed by atoms with E-state index < -0.39 is 0 Å². The van der Waals surface area contributed by atoms with E-state index in [0.717, 1.165) is 28.0 Å². The lowest BCUT2D eigenvalue weighted by Crippen LogP contribution is -2.27. The third-order valence-electron chi connectivity index (χ3n) is 3.09. The lowest BCUT2D eigenvalue weighted by molar-refractivity contribution is -0.120. The first-order valence-corrected chi connectivity index (χ1v) is 8.05. The lowest BCUT2D eigenvalue weighted by Gasteiger charge is -2.12. The standard InChI is InChI=1S/C15H21BrN2O3/c1-2-18-14(19)4-5-17-10-11-8-12(16)15-13(9-11)20-6-3-7-21-15/h8-9,17H,2-7,10H2,1H3,(H,18,19). The Hall–Kier alpha value is -1.27. The summed E-state index contributed by atoms with van der Waals surface area (Å²) in [5.74, 6) is 1.63. The molecular formula is C15H21BrN2O3. The van der Waals surface area contributed by atoms with E-state index in [4.69, 9.17) is 9.47 Å². The number of amides is 1. The first-order chi connectivity index (χ1) is 10.2. The fraction of sp³-hybridized carbons (Fsp3) is 0.533. The molecule has 5 nitrogen and oxygen atoms in total. The summed E-state index contributed by atoms with van der Waals surface area (Å²) >= 11 is 3.52. The highest BCUT2D eigenvalue weighted by Crippen LogP contribution is 2.38. The summed E-state index contributed by atoms with van der Waals surface area (Å²) in [6.45, 7) is 5.28. The predicted octanol–water partition coefficient (Wildman–Crippen LogP) is 2.23. The van der Waals surface area contributed by atoms with E-state index in [1.807, 2.05) is 19.1 Å². The van der Waals surface area contributed by atoms with Crippen molar-refractivity contribution in [3.8, 4) is 11.5 Å². The van der Waals surface area contributed by atoms with Crippen molar-refractivity contribution < 1.29 is 14.3 Å². The number of halogens is 1. The highest BCUT2D eigenvalue weighted by Gasteiger charge is 2.15. The summed E-state index contributed by atoms with van der Waals surface area (Å²) < 4.78 is 12.3. The summed E-state index contributed by atoms with van der Waals surface area (Å²) in [5.41, 5.74) is 1.10. The molecule has 1 aromatic rings. The Bertz CT molecular complexity index is 494. The molecule has 0 radical (unpaired) electrons. The third-order valence-corrected chi connectivity index (χ3v) is 3.68. The first-order valence-electron chi connectivity index (χ1n) is 7.26. The van der Waals surface area contributed by atoms with Gasteiger partial charge >= 0.3 is 0 Å². The van der Waals surface area contributed by atoms with Gasteiger partial charge in [0.1, 0.15) is 0 Å². The molecule has 2 rings (SSSR count). The smallest absolute Gasteiger partial charge is 0.221 e. The summed E-state index contributed by atoms with van der Waals surface area (Å²) in [6, 6.07) is 4.01. The second kappa shape index (κ2) is 8.24. The van der Waals surface area contributed by atoms with Crippen molar-refractivity contribution >= 4 is 21.8 Å². The summed E-state index contributed by atoms with van der Waals surface area (Å²) in [4.78, 5) is 11.3. The van der Waals surface area contributed by atoms with Gasteiger partial charge in [-0.3, -0.25) is 4.79 Å². The van der Waals surface area contributed by atoms with Gasteiger partial charge in [0, 0.05) is 32.5 Å². The minimum absolute atomic E-state index is 0.0739. The second-order valence-corrected chi connectivity index (χ2v) is 5.69. The van der Waals surface area contributed by atoms with Gasteiger partial charge in [0.15, 0.2) is 11.5 Å². The quantitative estimate of drug-likeness (QED) is 0.767. The maximum atomic E-state index is 11.3. The molecule has 0 unspecified atom stereocenters. The van der Waals surface area contributed by atoms with Crippen molar-refractivity contribution in [1.29, 1.82) is 0 Å². The molecule has 6 heteroatoms. The molecule has 0 aliphatic carbocycles. The lowest BCUT2D eigenvalue weighted by atomic mass is 10.2. The van der Waals surface area contributed by atoms with Crippen LogP contribution >= 0.6 is 15.9 Å². The number of carbonyl (C=O) groups excluding carboxylic acids is 1. The molecule has 0 atom stereocenters. The Morgan fingerprint density at radius 3 is 2.95 bits per heavy atom. The van der Waals surface area contributed by atoms with Gasteiger partial charge in [-0.25, -0.2) is 0 Å². The minimum Gasteiger partial charge on any atom is -0.490 e. The molecule has 0 spiro atoms. The molecule has 0 saturated heterocycles. The molecule has 0 aromatic heterocycles. The molecule has 0 fully saturated rings. The number of benzene rings is 1. The monoisotopic (exact) mass is 356 g/mol. The van der Waals surface area contributed by atoms with Crippen LogP contribution in [0.3, 0.4) is 0 Å². The van der Waals surface area contributed by atoms with Crippen LogP contribution in [-0.2, 0) is 11.3 Å². The summed E-state index contributed by atoms with van der Waals surface area (Å²) in [6.07, 6.45) is 1.38. The van der Waals surface area contributed by atoms with E-state index in [9.17, 15) is 4.79 Å². The van der Waals surface area contributed by atoms with Gasteiger partial charge in [-0.15, -0.1) is 0 Å². The van der Waals surface area contributed by atoms with Crippen LogP contribution in [0, 0.1) is 0 Å². The number of ether oxygens (including phenoxy) is 2. The largest absolute Gasteiger partial charge is 0.490 e. The van der Waals surface area contributed by atoms with Crippen LogP contribution in [0.2, 0.25) is 0 Å². The molecule has 1 aromatic carbocycles. The second-order valence-electron chi connectivity index (χ2n) is 4.84. The van der Waals surface area contributed by atoms with Gasteiger partial charge in [0.25, 0.3) is 0 Å². The third kappa shape index (κ3) is 4.89. The van der Waals surface area contributed by atoms with Gasteiger partial charge in [-0.1, -0.05) is 0 Å². The highest BCUT2D eigenvalue weighted by atomic mass is 79.9. The summed E-state index contributed by atoms with van der Waals surface area (Å²) in [7, 11) is 0. The Balaban J connectivity index is 1.88. The molecule has 0 bridgehead atoms. The zero-order valence-electron chi connectivity index (χ0n) is 12.2. The SMILES string of the molecule is CCNC(=O)CCNCc1cc(Br)c2c(c1)OCCCO2. The molecule has 21 heavy (non-hydrogen) atoms. The zero-order valence-corrected chi connectivity index (χ0v) is 13.8. The molecule has 1 amide bonds. The van der Waals surface area contributed by atoms with E-state index in [0.29, 0.717) is 39.3 Å². The van der Waals surface area contributed by atoms with E-state index in [1.54, 1.807) is 0 Å². The van der Waals surface area contributed by atoms with Crippen molar-refractivity contribution in [2.45, 2.75) is 26.3 Å². The minimum atomic E-state index is 0.0739. The van der Waals surface area contributed by atoms with E-state index in [2.05, 4.69) is 26.6 Å². The van der Waals surface area contributed by atoms with Crippen molar-refractivity contribution in [2.75, 3.05) is 26.3 Å². The van der Waals surface area contributed by atoms with Crippen LogP contribution in [0.4, 0.5) is 0 Å². The van der Waals surface area contributed by atoms with Gasteiger partial charge < -0.3 is 20.1 Å². The van der Waals surface area contributed by atoms with E-state index >= 15 is 0 Å². The number of nitrogens with one attached hydrogen (secondary N) is 2. The molecule has 1 heterocycles. The van der Waals surface area contributed by atoms with Crippen molar-refractivity contribution in [3.63, 3.8) is 0 Å². The maximum absolute atomic E-state index is 11.3. The number of hydrogen-bond acceptors (Lipinski definition) is 4. The van der Waals surface area contributed by atoms with Gasteiger partial charge in [-0.05, 0) is 40.5 Å². The molecule has 0 saturated carbocycles. The average Bonchev–Trinajstić information content (AvgIpc) is 2.70. The van der Waals surface area contributed by atoms with Gasteiger partial charge in [0.2, 0.25) is 5.91 Å². The fourth-order valence-corrected chi connectivity index (χ4v) is 2.71. The molecule has 1 aliphatic heterocycles. The zero-order chi connectivity index (χ0) is 15.1. The van der Waals surface area contributed by atoms with Crippen LogP contribution in [-0.4, -0.2) is 32.2 Å². The molecule has 2 N–H and O–H groups in total. The molecular weight excluding hydrogens is 336 g/mol. The average molecular weight is 357 g/mol. The van der Waals surface area contributed by atoms with Gasteiger partial charge in [-0.2, -0.15) is 0 Å². The molecule has 1 aliphatic rings. The van der Waals surface area contributed by atoms with Crippen molar-refractivity contribution in [3.05, 3.63) is 22.2 Å². The Kier molecular flexibility index (Phi) is 6.32. The highest BCUT2D eigenvalue weighted by molar-refractivity contribution is 9.10. The Morgan fingerprint density at radius 1 is 1.33 bits per heavy atom. The number of rotatable bonds is 6. The van der Waals surface area contributed by atoms with Crippen LogP contribution < -0.4 is 20.1 Å². The fourth-order valence-electron chi connectivity index (χ4n) is 2.11. The molecule has 116 valence electrons. The van der Waals surface area contributed by atoms with Crippen LogP contribution in [0.5, 0.6) is 11.5 Å². The van der Waals surface area contributed by atoms with Crippen molar-refractivity contribution in [1.82, 2.24) is 10.6 Å². The Morgan fingerprint density at radius 2 is 2.14 bits per heavy atom. The van der Waals surface area contributed by atoms with E-state index in [-0.39, 0.29) is 5.91 Å². The van der Waals surface area contributed by atoms with Crippen LogP contribution in [0.25, 0.3) is 0 Å². The predicted molar refractivity (Wildman–Crippen MR) is 84.8 cm³/mol. The number of hydrogen-bond donors (Lipinski definition) is 2. The summed E-state index contributed by atoms with van der Waals surface area (Å²) in [5, 5.41) is 6.04. The first kappa shape index (κ1) is 16.1. The Labute approximate surface area is 133 Å². The van der Waals surface area contributed by atoms with Crippen LogP contribution in [0.15, 0.2) is 16.6 Å². The maximum Gasteiger partial charge on any atom is 0.221 e. The van der Waals surface area contributed by atoms with E-state index in [1.165, 1.54) is 0 Å². The number of fused-ring (bicyclic) bond motifs is 1. The van der Waals surface area contributed by atoms with Gasteiger partial charge in [0.05, 0.1) is 17.7 Å².